The minimum atomic E-state index is -0.211. The van der Waals surface area contributed by atoms with E-state index in [1.807, 2.05) is 0 Å². The lowest BCUT2D eigenvalue weighted by Crippen LogP contribution is -2.26. The van der Waals surface area contributed by atoms with Gasteiger partial charge in [-0.1, -0.05) is 0 Å². The first kappa shape index (κ1) is 28.4. The van der Waals surface area contributed by atoms with Crippen molar-refractivity contribution >= 4 is 141 Å². The van der Waals surface area contributed by atoms with Gasteiger partial charge in [0.25, 0.3) is 5.91 Å². The van der Waals surface area contributed by atoms with E-state index >= 15 is 0 Å². The molecule has 0 aliphatic carbocycles. The topological polar surface area (TPSA) is 71.5 Å². The monoisotopic (exact) mass is 1090 g/mol. The number of benzene rings is 2. The van der Waals surface area contributed by atoms with Gasteiger partial charge in [0.15, 0.2) is 11.5 Å². The first-order valence-electron chi connectivity index (χ1n) is 8.49. The predicted octanol–water partition coefficient (Wildman–Crippen LogP) is 6.91. The van der Waals surface area contributed by atoms with Crippen molar-refractivity contribution < 1.29 is 14.6 Å². The van der Waals surface area contributed by atoms with Gasteiger partial charge in [0.2, 0.25) is 0 Å². The number of halogens is 6. The molecule has 0 bridgehead atoms. The van der Waals surface area contributed by atoms with E-state index in [0.29, 0.717) is 5.56 Å². The van der Waals surface area contributed by atoms with Crippen LogP contribution in [0.5, 0.6) is 11.5 Å². The number of amides is 1. The number of hydrogen-bond donors (Lipinski definition) is 2. The molecule has 164 valence electrons. The third-order valence-electron chi connectivity index (χ3n) is 3.45. The van der Waals surface area contributed by atoms with Crippen molar-refractivity contribution in [2.24, 2.45) is 0 Å². The molecule has 0 aliphatic rings. The van der Waals surface area contributed by atoms with E-state index in [2.05, 4.69) is 170 Å². The molecule has 2 aromatic carbocycles. The maximum atomic E-state index is 11.1. The normalized spacial score (nSPS) is 10.2. The Morgan fingerprint density at radius 3 is 1.77 bits per heavy atom. The van der Waals surface area contributed by atoms with E-state index in [0.717, 1.165) is 25.8 Å². The molecule has 1 amide bonds. The molecule has 31 heavy (non-hydrogen) atoms. The van der Waals surface area contributed by atoms with Crippen LogP contribution in [-0.4, -0.2) is 29.1 Å². The highest BCUT2D eigenvalue weighted by Gasteiger charge is 2.14. The van der Waals surface area contributed by atoms with Crippen molar-refractivity contribution in [3.8, 4) is 11.5 Å². The van der Waals surface area contributed by atoms with Gasteiger partial charge in [-0.15, -0.1) is 0 Å². The highest BCUT2D eigenvalue weighted by atomic mass is 127. The van der Waals surface area contributed by atoms with Crippen LogP contribution in [0.2, 0.25) is 0 Å². The minimum Gasteiger partial charge on any atom is -0.453 e. The summed E-state index contributed by atoms with van der Waals surface area (Å²) in [6.07, 6.45) is 3.08. The number of carbonyl (C=O) groups excluding carboxylic acids is 1. The summed E-state index contributed by atoms with van der Waals surface area (Å²) in [5, 5.41) is 11.0. The smallest absolute Gasteiger partial charge is 0.252 e. The molecule has 0 spiro atoms. The fourth-order valence-corrected chi connectivity index (χ4v) is 9.73. The number of hydrogen-bond acceptors (Lipinski definition) is 4. The average molecular weight is 1090 g/mol. The summed E-state index contributed by atoms with van der Waals surface area (Å²) < 4.78 is 13.2. The molecule has 0 saturated heterocycles. The molecule has 0 radical (unpaired) electrons. The van der Waals surface area contributed by atoms with E-state index in [9.17, 15) is 4.79 Å². The third-order valence-corrected chi connectivity index (χ3v) is 7.90. The van der Waals surface area contributed by atoms with E-state index in [1.54, 1.807) is 18.3 Å². The minimum absolute atomic E-state index is 0.0496. The number of ether oxygens (including phenoxy) is 1. The summed E-state index contributed by atoms with van der Waals surface area (Å²) in [6.45, 7) is 0.222. The number of aliphatic hydroxyl groups excluding tert-OH is 1. The second kappa shape index (κ2) is 14.6. The van der Waals surface area contributed by atoms with Crippen molar-refractivity contribution in [1.29, 1.82) is 0 Å². The Morgan fingerprint density at radius 1 is 0.903 bits per heavy atom. The van der Waals surface area contributed by atoms with Crippen LogP contribution in [0.3, 0.4) is 0 Å². The molecular formula is C20H14I6N2O3. The van der Waals surface area contributed by atoms with Gasteiger partial charge in [0, 0.05) is 26.1 Å². The van der Waals surface area contributed by atoms with Gasteiger partial charge in [0.05, 0.1) is 26.5 Å². The SMILES string of the molecule is Ic1cc(I)c(Oc2c(I)cc(I)cc2I)c(I)c1.O=C(NCCO)c1cccnc1. The zero-order valence-corrected chi connectivity index (χ0v) is 28.5. The summed E-state index contributed by atoms with van der Waals surface area (Å²) in [4.78, 5) is 14.9. The molecule has 0 fully saturated rings. The molecular weight excluding hydrogens is 1080 g/mol. The van der Waals surface area contributed by atoms with Gasteiger partial charge < -0.3 is 15.2 Å². The van der Waals surface area contributed by atoms with E-state index in [-0.39, 0.29) is 19.1 Å². The van der Waals surface area contributed by atoms with Gasteiger partial charge in [-0.2, -0.15) is 0 Å². The molecule has 0 saturated carbocycles. The first-order valence-corrected chi connectivity index (χ1v) is 15.0. The van der Waals surface area contributed by atoms with Crippen LogP contribution in [0.25, 0.3) is 0 Å². The second-order valence-corrected chi connectivity index (χ2v) is 12.9. The Balaban J connectivity index is 0.000000245. The summed E-state index contributed by atoms with van der Waals surface area (Å²) >= 11 is 14.0. The molecule has 2 N–H and O–H groups in total. The summed E-state index contributed by atoms with van der Waals surface area (Å²) in [5.41, 5.74) is 0.506. The van der Waals surface area contributed by atoms with Crippen molar-refractivity contribution in [2.75, 3.05) is 13.2 Å². The molecule has 3 aromatic rings. The Bertz CT molecular complexity index is 949. The van der Waals surface area contributed by atoms with Gasteiger partial charge in [0.1, 0.15) is 0 Å². The van der Waals surface area contributed by atoms with Gasteiger partial charge in [-0.3, -0.25) is 9.78 Å². The maximum Gasteiger partial charge on any atom is 0.252 e. The lowest BCUT2D eigenvalue weighted by atomic mass is 10.3. The molecule has 11 heteroatoms. The fraction of sp³-hybridized carbons (Fsp3) is 0.100. The summed E-state index contributed by atoms with van der Waals surface area (Å²) in [5.74, 6) is 1.68. The van der Waals surface area contributed by atoms with Crippen LogP contribution in [-0.2, 0) is 0 Å². The van der Waals surface area contributed by atoms with Crippen molar-refractivity contribution in [1.82, 2.24) is 10.3 Å². The molecule has 0 atom stereocenters. The van der Waals surface area contributed by atoms with E-state index < -0.39 is 0 Å². The van der Waals surface area contributed by atoms with E-state index in [1.165, 1.54) is 13.3 Å². The quantitative estimate of drug-likeness (QED) is 0.273. The van der Waals surface area contributed by atoms with Crippen molar-refractivity contribution in [2.45, 2.75) is 0 Å². The van der Waals surface area contributed by atoms with Crippen LogP contribution in [0.15, 0.2) is 48.8 Å². The number of pyridine rings is 1. The van der Waals surface area contributed by atoms with Crippen LogP contribution < -0.4 is 10.1 Å². The largest absolute Gasteiger partial charge is 0.453 e. The van der Waals surface area contributed by atoms with Gasteiger partial charge in [-0.25, -0.2) is 0 Å². The zero-order valence-electron chi connectivity index (χ0n) is 15.5. The Morgan fingerprint density at radius 2 is 1.39 bits per heavy atom. The number of nitrogens with one attached hydrogen (secondary N) is 1. The second-order valence-electron chi connectivity index (χ2n) is 5.72. The molecule has 1 aromatic heterocycles. The highest BCUT2D eigenvalue weighted by Crippen LogP contribution is 2.38. The predicted molar refractivity (Wildman–Crippen MR) is 173 cm³/mol. The first-order chi connectivity index (χ1) is 14.7. The van der Waals surface area contributed by atoms with Crippen molar-refractivity contribution in [3.63, 3.8) is 0 Å². The lowest BCUT2D eigenvalue weighted by molar-refractivity contribution is 0.0944. The van der Waals surface area contributed by atoms with Crippen LogP contribution in [0.4, 0.5) is 0 Å². The van der Waals surface area contributed by atoms with Gasteiger partial charge >= 0.3 is 0 Å². The van der Waals surface area contributed by atoms with E-state index in [4.69, 9.17) is 9.84 Å². The standard InChI is InChI=1S/C12H4I6O.C8H10N2O2/c13-5-1-7(15)11(8(16)2-5)19-12-9(17)3-6(14)4-10(12)18;11-5-4-10-8(12)7-2-1-3-9-6-7/h1-4H;1-3,6,11H,4-5H2,(H,10,12). The average Bonchev–Trinajstić information content (AvgIpc) is 2.71. The molecule has 5 nitrogen and oxygen atoms in total. The fourth-order valence-electron chi connectivity index (χ4n) is 2.12. The zero-order chi connectivity index (χ0) is 23.0. The molecule has 0 unspecified atom stereocenters. The highest BCUT2D eigenvalue weighted by molar-refractivity contribution is 14.1. The van der Waals surface area contributed by atoms with Gasteiger partial charge in [-0.05, 0) is 172 Å². The number of carbonyl (C=O) groups is 1. The summed E-state index contributed by atoms with van der Waals surface area (Å²) in [7, 11) is 0. The maximum absolute atomic E-state index is 11.1. The number of nitrogens with zero attached hydrogens (tertiary/aromatic N) is 1. The number of rotatable bonds is 5. The van der Waals surface area contributed by atoms with Crippen LogP contribution in [0.1, 0.15) is 10.4 Å². The van der Waals surface area contributed by atoms with Crippen LogP contribution in [0, 0.1) is 21.4 Å². The Kier molecular flexibility index (Phi) is 13.4. The van der Waals surface area contributed by atoms with Crippen molar-refractivity contribution in [3.05, 3.63) is 75.8 Å². The number of aliphatic hydroxyl groups is 1. The Hall–Kier alpha value is 1.20. The lowest BCUT2D eigenvalue weighted by Gasteiger charge is -2.14. The van der Waals surface area contributed by atoms with Crippen LogP contribution >= 0.6 is 136 Å². The summed E-state index contributed by atoms with van der Waals surface area (Å²) in [6, 6.07) is 11.9. The number of aromatic nitrogens is 1. The Labute approximate surface area is 262 Å². The molecule has 3 rings (SSSR count). The molecule has 0 aliphatic heterocycles. The third kappa shape index (κ3) is 9.40. The molecule has 1 heterocycles.